The van der Waals surface area contributed by atoms with Crippen molar-refractivity contribution >= 4 is 25.5 Å². The van der Waals surface area contributed by atoms with Gasteiger partial charge < -0.3 is 18.4 Å². The van der Waals surface area contributed by atoms with Gasteiger partial charge in [0.2, 0.25) is 0 Å². The van der Waals surface area contributed by atoms with Crippen molar-refractivity contribution in [2.24, 2.45) is 0 Å². The largest absolute Gasteiger partial charge is 0.494 e. The van der Waals surface area contributed by atoms with Crippen LogP contribution >= 0.6 is 7.60 Å². The molecule has 1 fully saturated rings. The average Bonchev–Trinajstić information content (AvgIpc) is 3.14. The summed E-state index contributed by atoms with van der Waals surface area (Å²) in [6.07, 6.45) is 0.768. The predicted octanol–water partition coefficient (Wildman–Crippen LogP) is 4.45. The first-order valence-corrected chi connectivity index (χ1v) is 12.2. The molecule has 5 nitrogen and oxygen atoms in total. The molecular weight excluding hydrogens is 398 g/mol. The van der Waals surface area contributed by atoms with Gasteiger partial charge >= 0.3 is 14.7 Å². The third-order valence-electron chi connectivity index (χ3n) is 6.33. The quantitative estimate of drug-likeness (QED) is 0.429. The van der Waals surface area contributed by atoms with Crippen LogP contribution in [0.1, 0.15) is 52.7 Å². The first-order valence-electron chi connectivity index (χ1n) is 10.6. The van der Waals surface area contributed by atoms with Gasteiger partial charge in [-0.15, -0.1) is 0 Å². The Labute approximate surface area is 179 Å². The molecule has 2 aromatic rings. The van der Waals surface area contributed by atoms with Crippen molar-refractivity contribution in [3.63, 3.8) is 0 Å². The maximum Gasteiger partial charge on any atom is 0.494 e. The molecule has 1 aliphatic carbocycles. The van der Waals surface area contributed by atoms with Crippen molar-refractivity contribution in [3.8, 4) is 11.1 Å². The van der Waals surface area contributed by atoms with E-state index in [1.807, 2.05) is 32.0 Å². The third-order valence-corrected chi connectivity index (χ3v) is 8.44. The molecule has 0 bridgehead atoms. The Bertz CT molecular complexity index is 991. The lowest BCUT2D eigenvalue weighted by atomic mass is 9.78. The summed E-state index contributed by atoms with van der Waals surface area (Å²) in [6, 6.07) is 12.2. The second-order valence-corrected chi connectivity index (χ2v) is 10.9. The monoisotopic (exact) mass is 428 g/mol. The lowest BCUT2D eigenvalue weighted by Gasteiger charge is -2.32. The molecular formula is C23H30BO5P. The molecule has 0 saturated carbocycles. The number of rotatable bonds is 6. The van der Waals surface area contributed by atoms with Gasteiger partial charge in [0.05, 0.1) is 29.7 Å². The first-order chi connectivity index (χ1) is 14.1. The molecule has 1 aliphatic heterocycles. The van der Waals surface area contributed by atoms with E-state index in [1.165, 1.54) is 11.1 Å². The molecule has 2 aliphatic rings. The molecule has 2 aromatic carbocycles. The zero-order valence-electron chi connectivity index (χ0n) is 18.7. The third kappa shape index (κ3) is 3.59. The maximum absolute atomic E-state index is 13.2. The fourth-order valence-electron chi connectivity index (χ4n) is 4.04. The summed E-state index contributed by atoms with van der Waals surface area (Å²) in [7, 11) is -3.67. The minimum absolute atomic E-state index is 0.339. The molecule has 0 unspecified atom stereocenters. The molecule has 1 saturated heterocycles. The van der Waals surface area contributed by atoms with Crippen LogP contribution in [-0.4, -0.2) is 31.5 Å². The minimum Gasteiger partial charge on any atom is -0.399 e. The Morgan fingerprint density at radius 3 is 2.00 bits per heavy atom. The second kappa shape index (κ2) is 7.61. The van der Waals surface area contributed by atoms with E-state index in [4.69, 9.17) is 18.4 Å². The van der Waals surface area contributed by atoms with Crippen LogP contribution < -0.4 is 10.8 Å². The van der Waals surface area contributed by atoms with E-state index in [0.717, 1.165) is 23.0 Å². The Hall–Kier alpha value is -1.43. The van der Waals surface area contributed by atoms with Crippen LogP contribution in [0.4, 0.5) is 0 Å². The van der Waals surface area contributed by atoms with E-state index in [2.05, 4.69) is 45.9 Å². The molecule has 1 heterocycles. The molecule has 0 amide bonds. The molecule has 0 radical (unpaired) electrons. The summed E-state index contributed by atoms with van der Waals surface area (Å²) in [5.74, 6) is 0. The number of hydrogen-bond acceptors (Lipinski definition) is 5. The van der Waals surface area contributed by atoms with E-state index in [9.17, 15) is 4.57 Å². The standard InChI is InChI=1S/C23H30BO5P/c1-7-26-30(25,27-8-2)19-10-12-21-17(15-19)13-16-14-18(9-11-20(16)21)24-28-22(3,4)23(5,6)29-24/h9-12,14-15H,7-8,13H2,1-6H3. The van der Waals surface area contributed by atoms with Gasteiger partial charge in [0.25, 0.3) is 0 Å². The SMILES string of the molecule is CCOP(=O)(OCC)c1ccc2c(c1)Cc1cc(B3OC(C)(C)C(C)(C)O3)ccc1-2. The minimum atomic E-state index is -3.29. The average molecular weight is 428 g/mol. The number of benzene rings is 2. The van der Waals surface area contributed by atoms with Crippen LogP contribution in [0.5, 0.6) is 0 Å². The molecule has 0 N–H and O–H groups in total. The Balaban J connectivity index is 1.63. The van der Waals surface area contributed by atoms with Gasteiger partial charge in [-0.1, -0.05) is 24.3 Å². The van der Waals surface area contributed by atoms with Crippen LogP contribution in [0.2, 0.25) is 0 Å². The molecule has 4 rings (SSSR count). The van der Waals surface area contributed by atoms with Gasteiger partial charge in [-0.2, -0.15) is 0 Å². The highest BCUT2D eigenvalue weighted by Gasteiger charge is 2.51. The zero-order chi connectivity index (χ0) is 21.7. The zero-order valence-corrected chi connectivity index (χ0v) is 19.5. The summed E-state index contributed by atoms with van der Waals surface area (Å²) >= 11 is 0. The fraction of sp³-hybridized carbons (Fsp3) is 0.478. The van der Waals surface area contributed by atoms with E-state index < -0.39 is 7.60 Å². The van der Waals surface area contributed by atoms with Crippen LogP contribution in [0, 0.1) is 0 Å². The highest BCUT2D eigenvalue weighted by molar-refractivity contribution is 7.62. The van der Waals surface area contributed by atoms with Gasteiger partial charge in [-0.05, 0) is 87.8 Å². The highest BCUT2D eigenvalue weighted by Crippen LogP contribution is 2.48. The Morgan fingerprint density at radius 2 is 1.43 bits per heavy atom. The van der Waals surface area contributed by atoms with Crippen molar-refractivity contribution < 1.29 is 22.9 Å². The topological polar surface area (TPSA) is 54.0 Å². The summed E-state index contributed by atoms with van der Waals surface area (Å²) in [6.45, 7) is 12.6. The Morgan fingerprint density at radius 1 is 0.900 bits per heavy atom. The number of fused-ring (bicyclic) bond motifs is 3. The van der Waals surface area contributed by atoms with Crippen LogP contribution in [0.15, 0.2) is 36.4 Å². The first kappa shape index (κ1) is 21.8. The molecule has 0 atom stereocenters. The van der Waals surface area contributed by atoms with Crippen molar-refractivity contribution in [2.75, 3.05) is 13.2 Å². The summed E-state index contributed by atoms with van der Waals surface area (Å²) < 4.78 is 36.6. The van der Waals surface area contributed by atoms with Crippen molar-refractivity contribution in [3.05, 3.63) is 47.5 Å². The van der Waals surface area contributed by atoms with Crippen molar-refractivity contribution in [2.45, 2.75) is 59.2 Å². The lowest BCUT2D eigenvalue weighted by molar-refractivity contribution is 0.00578. The van der Waals surface area contributed by atoms with Gasteiger partial charge in [0.15, 0.2) is 0 Å². The number of hydrogen-bond donors (Lipinski definition) is 0. The molecule has 7 heteroatoms. The molecule has 0 aromatic heterocycles. The van der Waals surface area contributed by atoms with E-state index >= 15 is 0 Å². The van der Waals surface area contributed by atoms with Crippen molar-refractivity contribution in [1.82, 2.24) is 0 Å². The highest BCUT2D eigenvalue weighted by atomic mass is 31.2. The van der Waals surface area contributed by atoms with Crippen molar-refractivity contribution in [1.29, 1.82) is 0 Å². The molecule has 0 spiro atoms. The van der Waals surface area contributed by atoms with E-state index in [0.29, 0.717) is 18.5 Å². The smallest absolute Gasteiger partial charge is 0.399 e. The van der Waals surface area contributed by atoms with E-state index in [-0.39, 0.29) is 18.3 Å². The molecule has 160 valence electrons. The molecule has 30 heavy (non-hydrogen) atoms. The fourth-order valence-corrected chi connectivity index (χ4v) is 5.66. The normalized spacial score (nSPS) is 19.1. The van der Waals surface area contributed by atoms with Crippen LogP contribution in [0.3, 0.4) is 0 Å². The lowest BCUT2D eigenvalue weighted by Crippen LogP contribution is -2.41. The van der Waals surface area contributed by atoms with Gasteiger partial charge in [0.1, 0.15) is 0 Å². The second-order valence-electron chi connectivity index (χ2n) is 8.86. The van der Waals surface area contributed by atoms with Crippen LogP contribution in [-0.2, 0) is 29.3 Å². The summed E-state index contributed by atoms with van der Waals surface area (Å²) in [5, 5.41) is 0.615. The van der Waals surface area contributed by atoms with Gasteiger partial charge in [-0.3, -0.25) is 4.57 Å². The van der Waals surface area contributed by atoms with E-state index in [1.54, 1.807) is 0 Å². The Kier molecular flexibility index (Phi) is 5.53. The van der Waals surface area contributed by atoms with Gasteiger partial charge in [-0.25, -0.2) is 0 Å². The maximum atomic E-state index is 13.2. The van der Waals surface area contributed by atoms with Crippen LogP contribution in [0.25, 0.3) is 11.1 Å². The summed E-state index contributed by atoms with van der Waals surface area (Å²) in [4.78, 5) is 0. The predicted molar refractivity (Wildman–Crippen MR) is 121 cm³/mol. The summed E-state index contributed by atoms with van der Waals surface area (Å²) in [5.41, 5.74) is 5.00. The van der Waals surface area contributed by atoms with Gasteiger partial charge in [0, 0.05) is 0 Å².